The third-order valence-electron chi connectivity index (χ3n) is 3.81. The van der Waals surface area contributed by atoms with Gasteiger partial charge in [0.05, 0.1) is 22.4 Å². The Kier molecular flexibility index (Phi) is 2.98. The molecule has 23 heavy (non-hydrogen) atoms. The number of aromatic nitrogens is 1. The first-order chi connectivity index (χ1) is 11.2. The fourth-order valence-corrected chi connectivity index (χ4v) is 2.75. The lowest BCUT2D eigenvalue weighted by molar-refractivity contribution is -0.384. The van der Waals surface area contributed by atoms with Crippen molar-refractivity contribution in [2.75, 3.05) is 0 Å². The van der Waals surface area contributed by atoms with Crippen molar-refractivity contribution in [1.82, 2.24) is 4.57 Å². The maximum absolute atomic E-state index is 10.8. The Bertz CT molecular complexity index is 982. The summed E-state index contributed by atoms with van der Waals surface area (Å²) in [4.78, 5) is 10.4. The van der Waals surface area contributed by atoms with Crippen molar-refractivity contribution >= 4 is 16.8 Å². The molecule has 0 aliphatic carbocycles. The lowest BCUT2D eigenvalue weighted by atomic mass is 10.1. The van der Waals surface area contributed by atoms with E-state index >= 15 is 0 Å². The van der Waals surface area contributed by atoms with Gasteiger partial charge in [-0.1, -0.05) is 30.3 Å². The number of nitro groups is 1. The molecule has 0 bridgehead atoms. The van der Waals surface area contributed by atoms with Gasteiger partial charge in [0.2, 0.25) is 0 Å². The van der Waals surface area contributed by atoms with Crippen LogP contribution in [0.3, 0.4) is 0 Å². The van der Waals surface area contributed by atoms with Crippen molar-refractivity contribution in [2.45, 2.75) is 0 Å². The van der Waals surface area contributed by atoms with Crippen LogP contribution in [0.5, 0.6) is 0 Å². The Labute approximate surface area is 131 Å². The highest BCUT2D eigenvalue weighted by atomic mass is 16.6. The molecule has 4 aromatic rings. The van der Waals surface area contributed by atoms with E-state index in [9.17, 15) is 10.1 Å². The molecule has 0 spiro atoms. The minimum absolute atomic E-state index is 0.0746. The minimum Gasteiger partial charge on any atom is -0.463 e. The highest BCUT2D eigenvalue weighted by molar-refractivity contribution is 5.85. The zero-order valence-corrected chi connectivity index (χ0v) is 12.0. The van der Waals surface area contributed by atoms with Gasteiger partial charge in [0.15, 0.2) is 5.58 Å². The zero-order valence-electron chi connectivity index (χ0n) is 12.0. The fourth-order valence-electron chi connectivity index (χ4n) is 2.75. The number of rotatable bonds is 3. The van der Waals surface area contributed by atoms with Gasteiger partial charge < -0.3 is 8.98 Å². The number of hydrogen-bond acceptors (Lipinski definition) is 3. The second-order valence-corrected chi connectivity index (χ2v) is 5.17. The lowest BCUT2D eigenvalue weighted by Crippen LogP contribution is -1.97. The summed E-state index contributed by atoms with van der Waals surface area (Å²) in [6, 6.07) is 20.4. The van der Waals surface area contributed by atoms with E-state index in [1.54, 1.807) is 18.4 Å². The number of nitro benzene ring substituents is 1. The average molecular weight is 304 g/mol. The summed E-state index contributed by atoms with van der Waals surface area (Å²) in [7, 11) is 0. The number of hydrogen-bond donors (Lipinski definition) is 0. The van der Waals surface area contributed by atoms with Crippen LogP contribution in [0.2, 0.25) is 0 Å². The van der Waals surface area contributed by atoms with Crippen LogP contribution in [0.4, 0.5) is 5.69 Å². The smallest absolute Gasteiger partial charge is 0.269 e. The largest absolute Gasteiger partial charge is 0.463 e. The molecule has 2 aromatic carbocycles. The standard InChI is InChI=1S/C18H12N2O3/c21-20(22)15-8-6-14(7-9-15)19-16-10-11-23-18(16)12-17(19)13-4-2-1-3-5-13/h1-12H. The maximum atomic E-state index is 10.8. The molecule has 0 radical (unpaired) electrons. The highest BCUT2D eigenvalue weighted by Crippen LogP contribution is 2.32. The van der Waals surface area contributed by atoms with E-state index in [-0.39, 0.29) is 5.69 Å². The quantitative estimate of drug-likeness (QED) is 0.403. The van der Waals surface area contributed by atoms with E-state index < -0.39 is 4.92 Å². The summed E-state index contributed by atoms with van der Waals surface area (Å²) >= 11 is 0. The summed E-state index contributed by atoms with van der Waals surface area (Å²) in [6.45, 7) is 0. The summed E-state index contributed by atoms with van der Waals surface area (Å²) < 4.78 is 7.55. The second kappa shape index (κ2) is 5.14. The molecule has 0 atom stereocenters. The number of furan rings is 1. The van der Waals surface area contributed by atoms with E-state index in [1.165, 1.54) is 12.1 Å². The molecule has 5 nitrogen and oxygen atoms in total. The molecule has 0 unspecified atom stereocenters. The summed E-state index contributed by atoms with van der Waals surface area (Å²) in [5.41, 5.74) is 4.67. The van der Waals surface area contributed by atoms with Gasteiger partial charge >= 0.3 is 0 Å². The number of nitrogens with zero attached hydrogens (tertiary/aromatic N) is 2. The van der Waals surface area contributed by atoms with Crippen LogP contribution in [0.25, 0.3) is 28.0 Å². The van der Waals surface area contributed by atoms with Crippen LogP contribution in [-0.4, -0.2) is 9.49 Å². The molecule has 0 fully saturated rings. The van der Waals surface area contributed by atoms with Gasteiger partial charge in [-0.2, -0.15) is 0 Å². The van der Waals surface area contributed by atoms with Crippen LogP contribution in [0.15, 0.2) is 77.4 Å². The predicted octanol–water partition coefficient (Wildman–Crippen LogP) is 4.80. The van der Waals surface area contributed by atoms with Crippen molar-refractivity contribution in [1.29, 1.82) is 0 Å². The van der Waals surface area contributed by atoms with Crippen molar-refractivity contribution in [3.8, 4) is 16.9 Å². The van der Waals surface area contributed by atoms with Gasteiger partial charge in [0, 0.05) is 30.0 Å². The first kappa shape index (κ1) is 13.3. The predicted molar refractivity (Wildman–Crippen MR) is 87.6 cm³/mol. The Morgan fingerprint density at radius 2 is 1.70 bits per heavy atom. The van der Waals surface area contributed by atoms with Gasteiger partial charge in [0.25, 0.3) is 5.69 Å². The second-order valence-electron chi connectivity index (χ2n) is 5.17. The number of benzene rings is 2. The molecular weight excluding hydrogens is 292 g/mol. The van der Waals surface area contributed by atoms with Crippen LogP contribution in [0.1, 0.15) is 0 Å². The fraction of sp³-hybridized carbons (Fsp3) is 0. The van der Waals surface area contributed by atoms with Gasteiger partial charge in [-0.3, -0.25) is 10.1 Å². The van der Waals surface area contributed by atoms with Gasteiger partial charge in [-0.05, 0) is 17.7 Å². The number of non-ortho nitro benzene ring substituents is 1. The van der Waals surface area contributed by atoms with Crippen LogP contribution in [-0.2, 0) is 0 Å². The molecular formula is C18H12N2O3. The average Bonchev–Trinajstić information content (AvgIpc) is 3.16. The monoisotopic (exact) mass is 304 g/mol. The molecule has 2 heterocycles. The van der Waals surface area contributed by atoms with E-state index in [0.29, 0.717) is 0 Å². The van der Waals surface area contributed by atoms with Crippen LogP contribution >= 0.6 is 0 Å². The van der Waals surface area contributed by atoms with E-state index in [1.807, 2.05) is 47.0 Å². The van der Waals surface area contributed by atoms with E-state index in [0.717, 1.165) is 28.0 Å². The highest BCUT2D eigenvalue weighted by Gasteiger charge is 2.15. The molecule has 0 amide bonds. The molecule has 112 valence electrons. The van der Waals surface area contributed by atoms with Crippen molar-refractivity contribution in [3.05, 3.63) is 83.1 Å². The molecule has 2 aromatic heterocycles. The molecule has 0 aliphatic heterocycles. The summed E-state index contributed by atoms with van der Waals surface area (Å²) in [5.74, 6) is 0. The minimum atomic E-state index is -0.398. The van der Waals surface area contributed by atoms with Gasteiger partial charge in [-0.25, -0.2) is 0 Å². The first-order valence-electron chi connectivity index (χ1n) is 7.13. The third kappa shape index (κ3) is 2.19. The van der Waals surface area contributed by atoms with Crippen molar-refractivity contribution in [3.63, 3.8) is 0 Å². The Balaban J connectivity index is 1.94. The van der Waals surface area contributed by atoms with E-state index in [4.69, 9.17) is 4.42 Å². The molecule has 4 rings (SSSR count). The van der Waals surface area contributed by atoms with Crippen molar-refractivity contribution in [2.24, 2.45) is 0 Å². The van der Waals surface area contributed by atoms with Crippen LogP contribution in [0, 0.1) is 10.1 Å². The van der Waals surface area contributed by atoms with Crippen LogP contribution < -0.4 is 0 Å². The lowest BCUT2D eigenvalue weighted by Gasteiger charge is -2.10. The maximum Gasteiger partial charge on any atom is 0.269 e. The first-order valence-corrected chi connectivity index (χ1v) is 7.13. The molecule has 0 saturated heterocycles. The third-order valence-corrected chi connectivity index (χ3v) is 3.81. The SMILES string of the molecule is O=[N+]([O-])c1ccc(-n2c(-c3ccccc3)cc3occc32)cc1. The molecule has 0 saturated carbocycles. The van der Waals surface area contributed by atoms with Crippen molar-refractivity contribution < 1.29 is 9.34 Å². The van der Waals surface area contributed by atoms with Gasteiger partial charge in [-0.15, -0.1) is 0 Å². The number of fused-ring (bicyclic) bond motifs is 1. The Hall–Kier alpha value is -3.34. The summed E-state index contributed by atoms with van der Waals surface area (Å²) in [5, 5.41) is 10.8. The Morgan fingerprint density at radius 3 is 2.39 bits per heavy atom. The molecule has 0 aliphatic rings. The van der Waals surface area contributed by atoms with Gasteiger partial charge in [0.1, 0.15) is 0 Å². The summed E-state index contributed by atoms with van der Waals surface area (Å²) in [6.07, 6.45) is 1.64. The molecule has 0 N–H and O–H groups in total. The normalized spacial score (nSPS) is 11.0. The Morgan fingerprint density at radius 1 is 0.957 bits per heavy atom. The zero-order chi connectivity index (χ0) is 15.8. The topological polar surface area (TPSA) is 61.2 Å². The van der Waals surface area contributed by atoms with E-state index in [2.05, 4.69) is 0 Å². The molecule has 5 heteroatoms.